The van der Waals surface area contributed by atoms with Gasteiger partial charge in [-0.2, -0.15) is 0 Å². The molecule has 0 spiro atoms. The normalized spacial score (nSPS) is 11.5. The molecule has 0 unspecified atom stereocenters. The molecule has 0 amide bonds. The molecule has 8 heteroatoms. The van der Waals surface area contributed by atoms with Gasteiger partial charge in [0.1, 0.15) is 15.7 Å². The van der Waals surface area contributed by atoms with Crippen LogP contribution in [0.3, 0.4) is 0 Å². The molecular weight excluding hydrogens is 381 g/mol. The summed E-state index contributed by atoms with van der Waals surface area (Å²) in [6.07, 6.45) is 0.526. The summed E-state index contributed by atoms with van der Waals surface area (Å²) in [4.78, 5) is -0.0823. The largest absolute Gasteiger partial charge is 0.495 e. The number of rotatable bonds is 6. The number of hydrogen-bond donors (Lipinski definition) is 1. The zero-order valence-electron chi connectivity index (χ0n) is 12.1. The van der Waals surface area contributed by atoms with Gasteiger partial charge in [-0.05, 0) is 36.2 Å². The van der Waals surface area contributed by atoms with Crippen molar-refractivity contribution < 1.29 is 13.2 Å². The molecule has 0 aromatic heterocycles. The molecular formula is C15H14Cl3NO3S. The Hall–Kier alpha value is -0.980. The molecule has 0 saturated carbocycles. The van der Waals surface area contributed by atoms with Crippen molar-refractivity contribution >= 4 is 44.8 Å². The lowest BCUT2D eigenvalue weighted by molar-refractivity contribution is 0.414. The lowest BCUT2D eigenvalue weighted by atomic mass is 10.2. The van der Waals surface area contributed by atoms with E-state index in [1.54, 1.807) is 12.1 Å². The van der Waals surface area contributed by atoms with Crippen molar-refractivity contribution in [3.63, 3.8) is 0 Å². The highest BCUT2D eigenvalue weighted by Gasteiger charge is 2.21. The number of ether oxygens (including phenoxy) is 1. The zero-order valence-corrected chi connectivity index (χ0v) is 15.2. The second-order valence-electron chi connectivity index (χ2n) is 4.67. The Morgan fingerprint density at radius 3 is 2.26 bits per heavy atom. The maximum absolute atomic E-state index is 12.3. The number of methoxy groups -OCH3 is 1. The topological polar surface area (TPSA) is 55.4 Å². The van der Waals surface area contributed by atoms with E-state index in [0.717, 1.165) is 5.56 Å². The average molecular weight is 395 g/mol. The summed E-state index contributed by atoms with van der Waals surface area (Å²) in [7, 11) is -2.34. The zero-order chi connectivity index (χ0) is 17.0. The van der Waals surface area contributed by atoms with E-state index in [2.05, 4.69) is 4.72 Å². The van der Waals surface area contributed by atoms with Crippen LogP contribution in [-0.2, 0) is 16.4 Å². The van der Waals surface area contributed by atoms with Crippen LogP contribution < -0.4 is 9.46 Å². The van der Waals surface area contributed by atoms with Crippen molar-refractivity contribution in [2.24, 2.45) is 0 Å². The van der Waals surface area contributed by atoms with Crippen LogP contribution in [0.15, 0.2) is 41.3 Å². The van der Waals surface area contributed by atoms with Gasteiger partial charge >= 0.3 is 0 Å². The monoisotopic (exact) mass is 393 g/mol. The van der Waals surface area contributed by atoms with Crippen LogP contribution in [0.1, 0.15) is 5.56 Å². The molecule has 0 fully saturated rings. The van der Waals surface area contributed by atoms with Crippen LogP contribution in [0.2, 0.25) is 15.1 Å². The number of sulfonamides is 1. The summed E-state index contributed by atoms with van der Waals surface area (Å²) in [6.45, 7) is 0.226. The summed E-state index contributed by atoms with van der Waals surface area (Å²) in [5, 5.41) is 0.633. The summed E-state index contributed by atoms with van der Waals surface area (Å²) < 4.78 is 32.2. The van der Waals surface area contributed by atoms with Gasteiger partial charge in [0.2, 0.25) is 10.0 Å². The molecule has 0 heterocycles. The maximum Gasteiger partial charge on any atom is 0.242 e. The van der Waals surface area contributed by atoms with Gasteiger partial charge in [0.15, 0.2) is 0 Å². The van der Waals surface area contributed by atoms with Crippen LogP contribution in [0.5, 0.6) is 5.75 Å². The highest BCUT2D eigenvalue weighted by Crippen LogP contribution is 2.36. The van der Waals surface area contributed by atoms with E-state index in [4.69, 9.17) is 39.5 Å². The van der Waals surface area contributed by atoms with Gasteiger partial charge in [-0.3, -0.25) is 0 Å². The Bertz CT molecular complexity index is 792. The molecule has 0 bridgehead atoms. The van der Waals surface area contributed by atoms with Gasteiger partial charge in [0.05, 0.1) is 12.1 Å². The molecule has 23 heavy (non-hydrogen) atoms. The SMILES string of the molecule is COc1ccc(S(=O)(=O)NCCc2ccc(Cl)cc2)c(Cl)c1Cl. The van der Waals surface area contributed by atoms with Gasteiger partial charge in [-0.1, -0.05) is 46.9 Å². The lowest BCUT2D eigenvalue weighted by Gasteiger charge is -2.11. The Balaban J connectivity index is 2.10. The lowest BCUT2D eigenvalue weighted by Crippen LogP contribution is -2.26. The first-order valence-corrected chi connectivity index (χ1v) is 9.23. The standard InChI is InChI=1S/C15H14Cl3NO3S/c1-22-12-6-7-13(15(18)14(12)17)23(20,21)19-9-8-10-2-4-11(16)5-3-10/h2-7,19H,8-9H2,1H3. The van der Waals surface area contributed by atoms with E-state index >= 15 is 0 Å². The van der Waals surface area contributed by atoms with Crippen LogP contribution in [-0.4, -0.2) is 22.1 Å². The van der Waals surface area contributed by atoms with Crippen LogP contribution in [0.4, 0.5) is 0 Å². The Kier molecular flexibility index (Phi) is 6.17. The molecule has 0 aliphatic heterocycles. The Morgan fingerprint density at radius 1 is 1.00 bits per heavy atom. The molecule has 4 nitrogen and oxygen atoms in total. The fraction of sp³-hybridized carbons (Fsp3) is 0.200. The third-order valence-corrected chi connectivity index (χ3v) is 5.87. The molecule has 0 atom stereocenters. The minimum atomic E-state index is -3.76. The fourth-order valence-corrected chi connectivity index (χ4v) is 3.93. The first-order valence-electron chi connectivity index (χ1n) is 6.61. The summed E-state index contributed by atoms with van der Waals surface area (Å²) in [5.74, 6) is 0.316. The Labute approximate surface area is 150 Å². The number of benzene rings is 2. The van der Waals surface area contributed by atoms with Crippen molar-refractivity contribution in [3.8, 4) is 5.75 Å². The van der Waals surface area contributed by atoms with Gasteiger partial charge < -0.3 is 4.74 Å². The van der Waals surface area contributed by atoms with Gasteiger partial charge in [0, 0.05) is 11.6 Å². The molecule has 0 radical (unpaired) electrons. The van der Waals surface area contributed by atoms with Crippen LogP contribution in [0, 0.1) is 0 Å². The Morgan fingerprint density at radius 2 is 1.65 bits per heavy atom. The van der Waals surface area contributed by atoms with Crippen molar-refractivity contribution in [2.45, 2.75) is 11.3 Å². The van der Waals surface area contributed by atoms with E-state index in [0.29, 0.717) is 17.2 Å². The van der Waals surface area contributed by atoms with Crippen molar-refractivity contribution in [1.82, 2.24) is 4.72 Å². The third kappa shape index (κ3) is 4.52. The molecule has 2 aromatic rings. The minimum Gasteiger partial charge on any atom is -0.495 e. The first-order chi connectivity index (χ1) is 10.8. The first kappa shape index (κ1) is 18.4. The molecule has 2 rings (SSSR count). The van der Waals surface area contributed by atoms with E-state index in [1.807, 2.05) is 12.1 Å². The molecule has 2 aromatic carbocycles. The fourth-order valence-electron chi connectivity index (χ4n) is 1.94. The number of hydrogen-bond acceptors (Lipinski definition) is 3. The van der Waals surface area contributed by atoms with Crippen LogP contribution in [0.25, 0.3) is 0 Å². The molecule has 0 aliphatic carbocycles. The van der Waals surface area contributed by atoms with Crippen molar-refractivity contribution in [1.29, 1.82) is 0 Å². The highest BCUT2D eigenvalue weighted by atomic mass is 35.5. The quantitative estimate of drug-likeness (QED) is 0.800. The third-order valence-electron chi connectivity index (χ3n) is 3.14. The summed E-state index contributed by atoms with van der Waals surface area (Å²) in [6, 6.07) is 10.0. The van der Waals surface area contributed by atoms with Crippen molar-refractivity contribution in [2.75, 3.05) is 13.7 Å². The molecule has 0 aliphatic rings. The predicted molar refractivity (Wildman–Crippen MR) is 93.4 cm³/mol. The minimum absolute atomic E-state index is 0.0646. The maximum atomic E-state index is 12.3. The average Bonchev–Trinajstić information content (AvgIpc) is 2.51. The molecule has 1 N–H and O–H groups in total. The predicted octanol–water partition coefficient (Wildman–Crippen LogP) is 4.18. The second kappa shape index (κ2) is 7.73. The molecule has 124 valence electrons. The highest BCUT2D eigenvalue weighted by molar-refractivity contribution is 7.89. The second-order valence-corrected chi connectivity index (χ2v) is 7.60. The van der Waals surface area contributed by atoms with E-state index in [1.165, 1.54) is 19.2 Å². The van der Waals surface area contributed by atoms with Gasteiger partial charge in [-0.15, -0.1) is 0 Å². The number of halogens is 3. The van der Waals surface area contributed by atoms with E-state index < -0.39 is 10.0 Å². The number of nitrogens with one attached hydrogen (secondary N) is 1. The van der Waals surface area contributed by atoms with E-state index in [-0.39, 0.29) is 21.5 Å². The van der Waals surface area contributed by atoms with E-state index in [9.17, 15) is 8.42 Å². The van der Waals surface area contributed by atoms with Gasteiger partial charge in [-0.25, -0.2) is 13.1 Å². The summed E-state index contributed by atoms with van der Waals surface area (Å²) in [5.41, 5.74) is 0.968. The van der Waals surface area contributed by atoms with Crippen LogP contribution >= 0.6 is 34.8 Å². The van der Waals surface area contributed by atoms with Gasteiger partial charge in [0.25, 0.3) is 0 Å². The summed E-state index contributed by atoms with van der Waals surface area (Å²) >= 11 is 17.8. The van der Waals surface area contributed by atoms with Crippen molar-refractivity contribution in [3.05, 3.63) is 57.0 Å². The smallest absolute Gasteiger partial charge is 0.242 e. The molecule has 0 saturated heterocycles.